The normalized spacial score (nSPS) is 13.9. The van der Waals surface area contributed by atoms with Crippen molar-refractivity contribution >= 4 is 23.2 Å². The number of anilines is 2. The summed E-state index contributed by atoms with van der Waals surface area (Å²) in [6.07, 6.45) is 0. The lowest BCUT2D eigenvalue weighted by molar-refractivity contribution is -0.124. The van der Waals surface area contributed by atoms with Crippen molar-refractivity contribution in [3.63, 3.8) is 0 Å². The summed E-state index contributed by atoms with van der Waals surface area (Å²) < 4.78 is 5.53. The van der Waals surface area contributed by atoms with Gasteiger partial charge < -0.3 is 9.64 Å². The third kappa shape index (κ3) is 3.11. The Morgan fingerprint density at radius 1 is 1.04 bits per heavy atom. The van der Waals surface area contributed by atoms with Crippen LogP contribution in [-0.2, 0) is 9.59 Å². The van der Waals surface area contributed by atoms with E-state index in [0.717, 1.165) is 11.4 Å². The van der Waals surface area contributed by atoms with Crippen molar-refractivity contribution in [2.24, 2.45) is 0 Å². The Hall–Kier alpha value is -2.82. The molecule has 0 saturated carbocycles. The van der Waals surface area contributed by atoms with Gasteiger partial charge in [0.2, 0.25) is 5.91 Å². The van der Waals surface area contributed by atoms with E-state index in [1.165, 1.54) is 4.90 Å². The smallest absolute Gasteiger partial charge is 0.265 e. The standard InChI is InChI=1S/C19H20N2O3/c1-14(2)21-17-11-7-6-10-16(17)20(12-18(21)22)19(23)13-24-15-8-4-3-5-9-15/h3-11,14H,12-13H2,1-2H3. The molecule has 0 N–H and O–H groups in total. The molecule has 3 rings (SSSR count). The average molecular weight is 324 g/mol. The van der Waals surface area contributed by atoms with E-state index >= 15 is 0 Å². The number of benzene rings is 2. The van der Waals surface area contributed by atoms with Gasteiger partial charge in [0.15, 0.2) is 6.61 Å². The molecule has 1 aliphatic rings. The van der Waals surface area contributed by atoms with E-state index in [0.29, 0.717) is 5.75 Å². The van der Waals surface area contributed by atoms with E-state index in [9.17, 15) is 9.59 Å². The highest BCUT2D eigenvalue weighted by Crippen LogP contribution is 2.34. The Labute approximate surface area is 141 Å². The highest BCUT2D eigenvalue weighted by Gasteiger charge is 2.33. The Morgan fingerprint density at radius 2 is 1.67 bits per heavy atom. The van der Waals surface area contributed by atoms with Crippen molar-refractivity contribution in [3.05, 3.63) is 54.6 Å². The number of nitrogens with zero attached hydrogens (tertiary/aromatic N) is 2. The fourth-order valence-corrected chi connectivity index (χ4v) is 2.86. The summed E-state index contributed by atoms with van der Waals surface area (Å²) in [6.45, 7) is 3.86. The molecule has 124 valence electrons. The minimum atomic E-state index is -0.233. The molecule has 0 unspecified atom stereocenters. The number of carbonyl (C=O) groups is 2. The molecule has 1 aliphatic heterocycles. The molecule has 0 spiro atoms. The number of carbonyl (C=O) groups excluding carboxylic acids is 2. The summed E-state index contributed by atoms with van der Waals surface area (Å²) in [5.41, 5.74) is 1.50. The molecule has 0 saturated heterocycles. The quantitative estimate of drug-likeness (QED) is 0.869. The highest BCUT2D eigenvalue weighted by molar-refractivity contribution is 6.11. The fraction of sp³-hybridized carbons (Fsp3) is 0.263. The van der Waals surface area contributed by atoms with Crippen molar-refractivity contribution in [1.82, 2.24) is 0 Å². The van der Waals surface area contributed by atoms with Gasteiger partial charge in [-0.3, -0.25) is 14.5 Å². The van der Waals surface area contributed by atoms with Gasteiger partial charge in [-0.15, -0.1) is 0 Å². The third-order valence-electron chi connectivity index (χ3n) is 3.92. The Morgan fingerprint density at radius 3 is 2.33 bits per heavy atom. The van der Waals surface area contributed by atoms with Crippen LogP contribution < -0.4 is 14.5 Å². The summed E-state index contributed by atoms with van der Waals surface area (Å²) in [4.78, 5) is 28.3. The van der Waals surface area contributed by atoms with Crippen LogP contribution in [0.25, 0.3) is 0 Å². The van der Waals surface area contributed by atoms with Crippen LogP contribution >= 0.6 is 0 Å². The van der Waals surface area contributed by atoms with Gasteiger partial charge in [0.1, 0.15) is 12.3 Å². The third-order valence-corrected chi connectivity index (χ3v) is 3.92. The van der Waals surface area contributed by atoms with Crippen LogP contribution in [0.2, 0.25) is 0 Å². The van der Waals surface area contributed by atoms with E-state index in [2.05, 4.69) is 0 Å². The fourth-order valence-electron chi connectivity index (χ4n) is 2.86. The zero-order valence-electron chi connectivity index (χ0n) is 13.8. The second kappa shape index (κ2) is 6.74. The maximum Gasteiger partial charge on any atom is 0.265 e. The number of hydrogen-bond acceptors (Lipinski definition) is 3. The average Bonchev–Trinajstić information content (AvgIpc) is 2.59. The van der Waals surface area contributed by atoms with E-state index in [4.69, 9.17) is 4.74 Å². The van der Waals surface area contributed by atoms with E-state index in [1.54, 1.807) is 17.0 Å². The van der Waals surface area contributed by atoms with Gasteiger partial charge in [-0.2, -0.15) is 0 Å². The molecular weight excluding hydrogens is 304 g/mol. The van der Waals surface area contributed by atoms with E-state index < -0.39 is 0 Å². The number of ether oxygens (including phenoxy) is 1. The van der Waals surface area contributed by atoms with Crippen molar-refractivity contribution in [2.75, 3.05) is 23.0 Å². The molecule has 0 aliphatic carbocycles. The van der Waals surface area contributed by atoms with Crippen LogP contribution in [0.1, 0.15) is 13.8 Å². The molecule has 1 heterocycles. The van der Waals surface area contributed by atoms with Crippen LogP contribution in [0.4, 0.5) is 11.4 Å². The van der Waals surface area contributed by atoms with Gasteiger partial charge in [0, 0.05) is 6.04 Å². The summed E-state index contributed by atoms with van der Waals surface area (Å²) in [5, 5.41) is 0. The molecule has 2 aromatic rings. The molecule has 0 aromatic heterocycles. The van der Waals surface area contributed by atoms with Crippen molar-refractivity contribution in [3.8, 4) is 5.75 Å². The lowest BCUT2D eigenvalue weighted by Crippen LogP contribution is -2.51. The first-order valence-corrected chi connectivity index (χ1v) is 7.97. The molecule has 0 atom stereocenters. The number of hydrogen-bond donors (Lipinski definition) is 0. The topological polar surface area (TPSA) is 49.9 Å². The minimum Gasteiger partial charge on any atom is -0.484 e. The van der Waals surface area contributed by atoms with Gasteiger partial charge in [-0.05, 0) is 38.1 Å². The Bertz CT molecular complexity index is 743. The first-order chi connectivity index (χ1) is 11.6. The second-order valence-corrected chi connectivity index (χ2v) is 5.93. The number of para-hydroxylation sites is 3. The van der Waals surface area contributed by atoms with Crippen molar-refractivity contribution < 1.29 is 14.3 Å². The van der Waals surface area contributed by atoms with Crippen LogP contribution in [0.5, 0.6) is 5.75 Å². The number of amides is 2. The van der Waals surface area contributed by atoms with Crippen molar-refractivity contribution in [1.29, 1.82) is 0 Å². The lowest BCUT2D eigenvalue weighted by Gasteiger charge is -2.38. The van der Waals surface area contributed by atoms with Gasteiger partial charge in [-0.25, -0.2) is 0 Å². The molecule has 2 amide bonds. The summed E-state index contributed by atoms with van der Waals surface area (Å²) in [7, 11) is 0. The van der Waals surface area contributed by atoms with Crippen LogP contribution in [-0.4, -0.2) is 31.0 Å². The largest absolute Gasteiger partial charge is 0.484 e. The maximum atomic E-state index is 12.6. The SMILES string of the molecule is CC(C)N1C(=O)CN(C(=O)COc2ccccc2)c2ccccc21. The predicted octanol–water partition coefficient (Wildman–Crippen LogP) is 2.85. The van der Waals surface area contributed by atoms with E-state index in [1.807, 2.05) is 56.3 Å². The predicted molar refractivity (Wildman–Crippen MR) is 93.4 cm³/mol. The molecular formula is C19H20N2O3. The number of fused-ring (bicyclic) bond motifs is 1. The van der Waals surface area contributed by atoms with Gasteiger partial charge in [0.05, 0.1) is 11.4 Å². The maximum absolute atomic E-state index is 12.6. The summed E-state index contributed by atoms with van der Waals surface area (Å²) in [6, 6.07) is 16.7. The molecule has 5 nitrogen and oxygen atoms in total. The Balaban J connectivity index is 1.81. The minimum absolute atomic E-state index is 0.0339. The monoisotopic (exact) mass is 324 g/mol. The lowest BCUT2D eigenvalue weighted by atomic mass is 10.1. The zero-order valence-corrected chi connectivity index (χ0v) is 13.8. The number of rotatable bonds is 4. The van der Waals surface area contributed by atoms with Gasteiger partial charge in [0.25, 0.3) is 5.91 Å². The van der Waals surface area contributed by atoms with Crippen LogP contribution in [0, 0.1) is 0 Å². The molecule has 5 heteroatoms. The molecule has 0 fully saturated rings. The van der Waals surface area contributed by atoms with Crippen molar-refractivity contribution in [2.45, 2.75) is 19.9 Å². The molecule has 24 heavy (non-hydrogen) atoms. The van der Waals surface area contributed by atoms with Crippen LogP contribution in [0.15, 0.2) is 54.6 Å². The summed E-state index contributed by atoms with van der Waals surface area (Å²) >= 11 is 0. The van der Waals surface area contributed by atoms with Gasteiger partial charge in [-0.1, -0.05) is 30.3 Å². The molecule has 0 bridgehead atoms. The van der Waals surface area contributed by atoms with E-state index in [-0.39, 0.29) is 31.0 Å². The first kappa shape index (κ1) is 16.1. The summed E-state index contributed by atoms with van der Waals surface area (Å²) in [5.74, 6) is 0.311. The molecule has 0 radical (unpaired) electrons. The second-order valence-electron chi connectivity index (χ2n) is 5.93. The first-order valence-electron chi connectivity index (χ1n) is 7.97. The molecule has 2 aromatic carbocycles. The van der Waals surface area contributed by atoms with Crippen LogP contribution in [0.3, 0.4) is 0 Å². The highest BCUT2D eigenvalue weighted by atomic mass is 16.5. The Kier molecular flexibility index (Phi) is 4.51. The zero-order chi connectivity index (χ0) is 17.1. The van der Waals surface area contributed by atoms with Gasteiger partial charge >= 0.3 is 0 Å².